The van der Waals surface area contributed by atoms with E-state index in [1.807, 2.05) is 28.0 Å². The second-order valence-electron chi connectivity index (χ2n) is 7.24. The summed E-state index contributed by atoms with van der Waals surface area (Å²) in [6, 6.07) is 10.7. The molecule has 4 rings (SSSR count). The van der Waals surface area contributed by atoms with Gasteiger partial charge in [-0.25, -0.2) is 0 Å². The SMILES string of the molecule is NC(=O)c1ccsc1NC(=O)CN1CCN(c2cnn(-c3ccccc3)c(=O)c2Cl)CC1. The van der Waals surface area contributed by atoms with Gasteiger partial charge in [0.1, 0.15) is 10.0 Å². The number of primary amides is 1. The van der Waals surface area contributed by atoms with Gasteiger partial charge in [0.05, 0.1) is 29.7 Å². The van der Waals surface area contributed by atoms with Crippen LogP contribution in [0, 0.1) is 0 Å². The molecule has 1 saturated heterocycles. The van der Waals surface area contributed by atoms with E-state index in [4.69, 9.17) is 17.3 Å². The van der Waals surface area contributed by atoms with E-state index >= 15 is 0 Å². The number of rotatable bonds is 6. The van der Waals surface area contributed by atoms with E-state index in [1.54, 1.807) is 29.8 Å². The molecule has 3 heterocycles. The van der Waals surface area contributed by atoms with E-state index in [9.17, 15) is 14.4 Å². The standard InChI is InChI=1S/C21H21ClN6O3S/c22-18-16(12-24-28(21(18)31)14-4-2-1-3-5-14)27-9-7-26(8-10-27)13-17(29)25-20-15(19(23)30)6-11-32-20/h1-6,11-12H,7-10,13H2,(H2,23,30)(H,25,29). The van der Waals surface area contributed by atoms with Crippen molar-refractivity contribution < 1.29 is 9.59 Å². The summed E-state index contributed by atoms with van der Waals surface area (Å²) in [5.41, 5.74) is 6.47. The molecule has 1 fully saturated rings. The first kappa shape index (κ1) is 22.0. The lowest BCUT2D eigenvalue weighted by molar-refractivity contribution is -0.117. The van der Waals surface area contributed by atoms with Crippen LogP contribution in [0.4, 0.5) is 10.7 Å². The molecule has 2 amide bonds. The molecule has 0 atom stereocenters. The molecule has 0 unspecified atom stereocenters. The van der Waals surface area contributed by atoms with Crippen LogP contribution >= 0.6 is 22.9 Å². The van der Waals surface area contributed by atoms with Crippen molar-refractivity contribution in [3.8, 4) is 5.69 Å². The van der Waals surface area contributed by atoms with Crippen molar-refractivity contribution in [1.82, 2.24) is 14.7 Å². The predicted molar refractivity (Wildman–Crippen MR) is 125 cm³/mol. The number of benzene rings is 1. The van der Waals surface area contributed by atoms with Crippen molar-refractivity contribution in [2.24, 2.45) is 5.73 Å². The Labute approximate surface area is 193 Å². The molecule has 1 aromatic carbocycles. The minimum Gasteiger partial charge on any atom is -0.366 e. The highest BCUT2D eigenvalue weighted by Gasteiger charge is 2.23. The number of hydrogen-bond acceptors (Lipinski definition) is 7. The van der Waals surface area contributed by atoms with Gasteiger partial charge in [0.2, 0.25) is 5.91 Å². The van der Waals surface area contributed by atoms with Crippen molar-refractivity contribution in [1.29, 1.82) is 0 Å². The molecule has 0 radical (unpaired) electrons. The fraction of sp³-hybridized carbons (Fsp3) is 0.238. The maximum Gasteiger partial charge on any atom is 0.292 e. The van der Waals surface area contributed by atoms with Crippen molar-refractivity contribution in [2.45, 2.75) is 0 Å². The van der Waals surface area contributed by atoms with Crippen LogP contribution in [0.3, 0.4) is 0 Å². The van der Waals surface area contributed by atoms with Gasteiger partial charge in [-0.3, -0.25) is 19.3 Å². The van der Waals surface area contributed by atoms with Gasteiger partial charge in [-0.1, -0.05) is 29.8 Å². The van der Waals surface area contributed by atoms with E-state index in [0.29, 0.717) is 48.1 Å². The quantitative estimate of drug-likeness (QED) is 0.565. The molecule has 0 bridgehead atoms. The van der Waals surface area contributed by atoms with Crippen LogP contribution in [0.15, 0.2) is 52.8 Å². The van der Waals surface area contributed by atoms with Crippen molar-refractivity contribution >= 4 is 45.4 Å². The molecule has 166 valence electrons. The lowest BCUT2D eigenvalue weighted by Crippen LogP contribution is -2.49. The smallest absolute Gasteiger partial charge is 0.292 e. The third kappa shape index (κ3) is 4.67. The van der Waals surface area contributed by atoms with Crippen LogP contribution < -0.4 is 21.5 Å². The molecule has 0 aliphatic carbocycles. The lowest BCUT2D eigenvalue weighted by Gasteiger charge is -2.35. The van der Waals surface area contributed by atoms with Gasteiger partial charge in [0.15, 0.2) is 0 Å². The van der Waals surface area contributed by atoms with Crippen LogP contribution in [0.2, 0.25) is 5.02 Å². The third-order valence-electron chi connectivity index (χ3n) is 5.17. The second kappa shape index (κ2) is 9.51. The molecule has 0 saturated carbocycles. The molecule has 32 heavy (non-hydrogen) atoms. The minimum absolute atomic E-state index is 0.117. The summed E-state index contributed by atoms with van der Waals surface area (Å²) in [7, 11) is 0. The van der Waals surface area contributed by atoms with E-state index < -0.39 is 5.91 Å². The van der Waals surface area contributed by atoms with Gasteiger partial charge >= 0.3 is 0 Å². The Bertz CT molecular complexity index is 1190. The number of hydrogen-bond donors (Lipinski definition) is 2. The number of para-hydroxylation sites is 1. The van der Waals surface area contributed by atoms with Gasteiger partial charge in [0, 0.05) is 26.2 Å². The molecule has 3 aromatic rings. The summed E-state index contributed by atoms with van der Waals surface area (Å²) in [6.07, 6.45) is 1.60. The fourth-order valence-corrected chi connectivity index (χ4v) is 4.57. The molecular weight excluding hydrogens is 452 g/mol. The number of amides is 2. The van der Waals surface area contributed by atoms with E-state index in [-0.39, 0.29) is 23.0 Å². The number of nitrogens with one attached hydrogen (secondary N) is 1. The summed E-state index contributed by atoms with van der Waals surface area (Å²) in [6.45, 7) is 2.59. The number of anilines is 2. The largest absolute Gasteiger partial charge is 0.366 e. The average molecular weight is 473 g/mol. The topological polar surface area (TPSA) is 114 Å². The highest BCUT2D eigenvalue weighted by Crippen LogP contribution is 2.24. The molecule has 9 nitrogen and oxygen atoms in total. The molecule has 2 aromatic heterocycles. The zero-order chi connectivity index (χ0) is 22.7. The lowest BCUT2D eigenvalue weighted by atomic mass is 10.2. The van der Waals surface area contributed by atoms with Gasteiger partial charge in [-0.05, 0) is 23.6 Å². The summed E-state index contributed by atoms with van der Waals surface area (Å²) < 4.78 is 1.28. The molecule has 1 aliphatic heterocycles. The Balaban J connectivity index is 1.37. The molecular formula is C21H21ClN6O3S. The number of nitrogens with zero attached hydrogens (tertiary/aromatic N) is 4. The minimum atomic E-state index is -0.574. The van der Waals surface area contributed by atoms with Crippen molar-refractivity contribution in [3.05, 3.63) is 68.9 Å². The van der Waals surface area contributed by atoms with E-state index in [2.05, 4.69) is 10.4 Å². The Hall–Kier alpha value is -3.21. The monoisotopic (exact) mass is 472 g/mol. The van der Waals surface area contributed by atoms with Crippen molar-refractivity contribution in [3.63, 3.8) is 0 Å². The number of carbonyl (C=O) groups excluding carboxylic acids is 2. The Morgan fingerprint density at radius 1 is 1.12 bits per heavy atom. The zero-order valence-electron chi connectivity index (χ0n) is 17.0. The predicted octanol–water partition coefficient (Wildman–Crippen LogP) is 1.81. The van der Waals surface area contributed by atoms with Crippen LogP contribution in [0.25, 0.3) is 5.69 Å². The third-order valence-corrected chi connectivity index (χ3v) is 6.35. The zero-order valence-corrected chi connectivity index (χ0v) is 18.6. The van der Waals surface area contributed by atoms with Crippen LogP contribution in [-0.4, -0.2) is 59.2 Å². The maximum absolute atomic E-state index is 12.7. The molecule has 3 N–H and O–H groups in total. The number of piperazine rings is 1. The number of nitrogens with two attached hydrogens (primary N) is 1. The first-order valence-electron chi connectivity index (χ1n) is 9.91. The van der Waals surface area contributed by atoms with Gasteiger partial charge in [-0.15, -0.1) is 11.3 Å². The normalized spacial score (nSPS) is 14.3. The number of thiophene rings is 1. The second-order valence-corrected chi connectivity index (χ2v) is 8.53. The van der Waals surface area contributed by atoms with E-state index in [0.717, 1.165) is 0 Å². The number of carbonyl (C=O) groups is 2. The summed E-state index contributed by atoms with van der Waals surface area (Å²) in [5.74, 6) is -0.789. The highest BCUT2D eigenvalue weighted by atomic mass is 35.5. The first-order chi connectivity index (χ1) is 15.4. The van der Waals surface area contributed by atoms with Gasteiger partial charge in [-0.2, -0.15) is 9.78 Å². The van der Waals surface area contributed by atoms with E-state index in [1.165, 1.54) is 16.0 Å². The number of halogens is 1. The Morgan fingerprint density at radius 2 is 1.84 bits per heavy atom. The van der Waals surface area contributed by atoms with Crippen molar-refractivity contribution in [2.75, 3.05) is 42.9 Å². The van der Waals surface area contributed by atoms with Crippen LogP contribution in [0.1, 0.15) is 10.4 Å². The maximum atomic E-state index is 12.7. The van der Waals surface area contributed by atoms with Crippen LogP contribution in [-0.2, 0) is 4.79 Å². The Kier molecular flexibility index (Phi) is 6.54. The molecule has 0 spiro atoms. The highest BCUT2D eigenvalue weighted by molar-refractivity contribution is 7.14. The Morgan fingerprint density at radius 3 is 2.53 bits per heavy atom. The number of aromatic nitrogens is 2. The average Bonchev–Trinajstić information content (AvgIpc) is 3.25. The summed E-state index contributed by atoms with van der Waals surface area (Å²) in [4.78, 5) is 40.5. The van der Waals surface area contributed by atoms with Crippen LogP contribution in [0.5, 0.6) is 0 Å². The molecule has 1 aliphatic rings. The first-order valence-corrected chi connectivity index (χ1v) is 11.2. The summed E-state index contributed by atoms with van der Waals surface area (Å²) >= 11 is 7.65. The van der Waals surface area contributed by atoms with Gasteiger partial charge in [0.25, 0.3) is 11.5 Å². The van der Waals surface area contributed by atoms with Gasteiger partial charge < -0.3 is 16.0 Å². The molecule has 11 heteroatoms. The summed E-state index contributed by atoms with van der Waals surface area (Å²) in [5, 5.41) is 9.31. The fourth-order valence-electron chi connectivity index (χ4n) is 3.51.